The molecule has 1 aliphatic rings. The van der Waals surface area contributed by atoms with Crippen LogP contribution in [0.4, 0.5) is 0 Å². The van der Waals surface area contributed by atoms with E-state index in [0.717, 1.165) is 0 Å². The van der Waals surface area contributed by atoms with Gasteiger partial charge in [-0.15, -0.1) is 0 Å². The number of β-lactam (4-membered cyclic amide) rings is 1. The minimum absolute atomic E-state index is 0.284. The maximum Gasteiger partial charge on any atom is 0.247 e. The van der Waals surface area contributed by atoms with E-state index in [9.17, 15) is 14.4 Å². The fourth-order valence-electron chi connectivity index (χ4n) is 1.90. The minimum atomic E-state index is -0.831. The van der Waals surface area contributed by atoms with E-state index in [1.165, 1.54) is 6.92 Å². The van der Waals surface area contributed by atoms with Gasteiger partial charge in [0.2, 0.25) is 17.7 Å². The molecule has 20 heavy (non-hydrogen) atoms. The molecular formula is C13H15N3O3S. The van der Waals surface area contributed by atoms with Crippen molar-refractivity contribution in [3.05, 3.63) is 35.9 Å². The lowest BCUT2D eigenvalue weighted by Gasteiger charge is -2.34. The van der Waals surface area contributed by atoms with E-state index in [1.54, 1.807) is 24.3 Å². The van der Waals surface area contributed by atoms with Crippen LogP contribution in [0, 0.1) is 0 Å². The molecule has 0 bridgehead atoms. The summed E-state index contributed by atoms with van der Waals surface area (Å²) in [5, 5.41) is 7.25. The second kappa shape index (κ2) is 5.96. The number of rotatable bonds is 4. The first kappa shape index (κ1) is 14.4. The third-order valence-electron chi connectivity index (χ3n) is 2.93. The maximum absolute atomic E-state index is 12.2. The van der Waals surface area contributed by atoms with Crippen LogP contribution >= 0.6 is 12.6 Å². The highest BCUT2D eigenvalue weighted by Crippen LogP contribution is 2.15. The van der Waals surface area contributed by atoms with E-state index < -0.39 is 23.4 Å². The molecule has 1 heterocycles. The third-order valence-corrected chi connectivity index (χ3v) is 3.36. The average Bonchev–Trinajstić information content (AvgIpc) is 2.43. The van der Waals surface area contributed by atoms with Crippen molar-refractivity contribution in [2.75, 3.05) is 0 Å². The van der Waals surface area contributed by atoms with Crippen LogP contribution in [0.5, 0.6) is 0 Å². The lowest BCUT2D eigenvalue weighted by molar-refractivity contribution is -0.135. The molecule has 1 aromatic carbocycles. The molecule has 1 aliphatic heterocycles. The molecule has 1 unspecified atom stereocenters. The Morgan fingerprint density at radius 3 is 2.45 bits per heavy atom. The summed E-state index contributed by atoms with van der Waals surface area (Å²) in [5.74, 6) is -1.05. The topological polar surface area (TPSA) is 87.3 Å². The van der Waals surface area contributed by atoms with Crippen molar-refractivity contribution in [1.29, 1.82) is 0 Å². The molecule has 1 saturated heterocycles. The van der Waals surface area contributed by atoms with Crippen LogP contribution in [0.15, 0.2) is 30.3 Å². The van der Waals surface area contributed by atoms with Crippen molar-refractivity contribution >= 4 is 30.4 Å². The SMILES string of the molecule is CC(=O)N[C@@H](C(=O)N[C@H]1C(=O)NC1S)c1ccccc1. The number of carbonyl (C=O) groups excluding carboxylic acids is 3. The van der Waals surface area contributed by atoms with Crippen molar-refractivity contribution in [3.63, 3.8) is 0 Å². The zero-order valence-electron chi connectivity index (χ0n) is 10.8. The molecule has 0 spiro atoms. The summed E-state index contributed by atoms with van der Waals surface area (Å²) in [5.41, 5.74) is 0.649. The molecule has 1 fully saturated rings. The van der Waals surface area contributed by atoms with Crippen molar-refractivity contribution in [2.45, 2.75) is 24.4 Å². The standard InChI is InChI=1S/C13H15N3O3S/c1-7(17)14-9(8-5-3-2-4-6-8)11(18)15-10-12(19)16-13(10)20/h2-6,9-10,13,20H,1H3,(H,14,17)(H,15,18)(H,16,19)/t9-,10+,13?/m1/s1. The van der Waals surface area contributed by atoms with Crippen LogP contribution in [-0.4, -0.2) is 29.1 Å². The molecule has 106 valence electrons. The van der Waals surface area contributed by atoms with Crippen molar-refractivity contribution in [2.24, 2.45) is 0 Å². The smallest absolute Gasteiger partial charge is 0.247 e. The summed E-state index contributed by atoms with van der Waals surface area (Å²) in [7, 11) is 0. The van der Waals surface area contributed by atoms with Gasteiger partial charge in [-0.1, -0.05) is 30.3 Å². The minimum Gasteiger partial charge on any atom is -0.341 e. The highest BCUT2D eigenvalue weighted by molar-refractivity contribution is 7.81. The number of carbonyl (C=O) groups is 3. The van der Waals surface area contributed by atoms with Crippen molar-refractivity contribution in [3.8, 4) is 0 Å². The third kappa shape index (κ3) is 3.11. The number of hydrogen-bond acceptors (Lipinski definition) is 4. The molecule has 3 N–H and O–H groups in total. The van der Waals surface area contributed by atoms with Gasteiger partial charge in [-0.2, -0.15) is 12.6 Å². The van der Waals surface area contributed by atoms with E-state index in [2.05, 4.69) is 28.6 Å². The fraction of sp³-hybridized carbons (Fsp3) is 0.308. The number of hydrogen-bond donors (Lipinski definition) is 4. The largest absolute Gasteiger partial charge is 0.341 e. The van der Waals surface area contributed by atoms with Gasteiger partial charge in [0.25, 0.3) is 0 Å². The molecular weight excluding hydrogens is 278 g/mol. The molecule has 3 amide bonds. The summed E-state index contributed by atoms with van der Waals surface area (Å²) in [6.07, 6.45) is 0. The Labute approximate surface area is 121 Å². The Bertz CT molecular complexity index is 535. The zero-order valence-corrected chi connectivity index (χ0v) is 11.7. The first-order valence-corrected chi connectivity index (χ1v) is 6.61. The lowest BCUT2D eigenvalue weighted by atomic mass is 10.0. The quantitative estimate of drug-likeness (QED) is 0.455. The molecule has 1 aromatic rings. The van der Waals surface area contributed by atoms with E-state index in [1.807, 2.05) is 6.07 Å². The van der Waals surface area contributed by atoms with Gasteiger partial charge in [-0.3, -0.25) is 14.4 Å². The summed E-state index contributed by atoms with van der Waals surface area (Å²) in [6, 6.07) is 7.32. The molecule has 0 radical (unpaired) electrons. The predicted molar refractivity (Wildman–Crippen MR) is 75.8 cm³/mol. The van der Waals surface area contributed by atoms with Crippen LogP contribution in [0.25, 0.3) is 0 Å². The molecule has 0 aliphatic carbocycles. The van der Waals surface area contributed by atoms with Gasteiger partial charge in [0.15, 0.2) is 0 Å². The summed E-state index contributed by atoms with van der Waals surface area (Å²) >= 11 is 4.11. The highest BCUT2D eigenvalue weighted by atomic mass is 32.1. The zero-order chi connectivity index (χ0) is 14.7. The van der Waals surface area contributed by atoms with E-state index >= 15 is 0 Å². The molecule has 6 nitrogen and oxygen atoms in total. The molecule has 0 saturated carbocycles. The van der Waals surface area contributed by atoms with Crippen LogP contribution < -0.4 is 16.0 Å². The first-order valence-electron chi connectivity index (χ1n) is 6.10. The molecule has 2 rings (SSSR count). The number of benzene rings is 1. The molecule has 0 aromatic heterocycles. The number of nitrogens with one attached hydrogen (secondary N) is 3. The van der Waals surface area contributed by atoms with Crippen LogP contribution in [0.1, 0.15) is 18.5 Å². The fourth-order valence-corrected chi connectivity index (χ4v) is 2.23. The Hall–Kier alpha value is -2.02. The molecule has 7 heteroatoms. The summed E-state index contributed by atoms with van der Waals surface area (Å²) in [6.45, 7) is 1.33. The Kier molecular flexibility index (Phi) is 4.29. The Morgan fingerprint density at radius 1 is 1.30 bits per heavy atom. The van der Waals surface area contributed by atoms with Gasteiger partial charge in [-0.25, -0.2) is 0 Å². The van der Waals surface area contributed by atoms with E-state index in [0.29, 0.717) is 5.56 Å². The highest BCUT2D eigenvalue weighted by Gasteiger charge is 2.39. The van der Waals surface area contributed by atoms with Gasteiger partial charge >= 0.3 is 0 Å². The van der Waals surface area contributed by atoms with Crippen LogP contribution in [-0.2, 0) is 14.4 Å². The van der Waals surface area contributed by atoms with Gasteiger partial charge in [0.05, 0.1) is 0 Å². The average molecular weight is 293 g/mol. The van der Waals surface area contributed by atoms with Crippen molar-refractivity contribution in [1.82, 2.24) is 16.0 Å². The van der Waals surface area contributed by atoms with Gasteiger partial charge in [0.1, 0.15) is 17.5 Å². The maximum atomic E-state index is 12.2. The lowest BCUT2D eigenvalue weighted by Crippen LogP contribution is -2.67. The van der Waals surface area contributed by atoms with E-state index in [4.69, 9.17) is 0 Å². The van der Waals surface area contributed by atoms with Crippen LogP contribution in [0.2, 0.25) is 0 Å². The Balaban J connectivity index is 2.12. The first-order chi connectivity index (χ1) is 9.49. The van der Waals surface area contributed by atoms with Crippen LogP contribution in [0.3, 0.4) is 0 Å². The Morgan fingerprint density at radius 2 is 1.95 bits per heavy atom. The molecule has 3 atom stereocenters. The normalized spacial score (nSPS) is 22.2. The van der Waals surface area contributed by atoms with Gasteiger partial charge in [0, 0.05) is 6.92 Å². The predicted octanol–water partition coefficient (Wildman–Crippen LogP) is -0.266. The van der Waals surface area contributed by atoms with Gasteiger partial charge in [-0.05, 0) is 5.56 Å². The van der Waals surface area contributed by atoms with E-state index in [-0.39, 0.29) is 11.8 Å². The van der Waals surface area contributed by atoms with Crippen molar-refractivity contribution < 1.29 is 14.4 Å². The second-order valence-corrected chi connectivity index (χ2v) is 5.04. The monoisotopic (exact) mass is 293 g/mol. The second-order valence-electron chi connectivity index (χ2n) is 4.48. The van der Waals surface area contributed by atoms with Gasteiger partial charge < -0.3 is 16.0 Å². The number of amides is 3. The summed E-state index contributed by atoms with van der Waals surface area (Å²) in [4.78, 5) is 34.8. The summed E-state index contributed by atoms with van der Waals surface area (Å²) < 4.78 is 0. The number of thiol groups is 1.